The molecule has 0 amide bonds. The van der Waals surface area contributed by atoms with Gasteiger partial charge >= 0.3 is 0 Å². The van der Waals surface area contributed by atoms with E-state index in [4.69, 9.17) is 0 Å². The number of hydrogen-bond donors (Lipinski definition) is 0. The van der Waals surface area contributed by atoms with E-state index in [0.717, 1.165) is 16.7 Å². The first-order chi connectivity index (χ1) is 7.66. The van der Waals surface area contributed by atoms with Crippen LogP contribution in [0.5, 0.6) is 0 Å². The van der Waals surface area contributed by atoms with Gasteiger partial charge in [-0.15, -0.1) is 0 Å². The predicted octanol–water partition coefficient (Wildman–Crippen LogP) is 3.79. The Balaban J connectivity index is 2.17. The van der Waals surface area contributed by atoms with Crippen molar-refractivity contribution in [1.29, 1.82) is 0 Å². The lowest BCUT2D eigenvalue weighted by molar-refractivity contribution is 0.0993. The minimum Gasteiger partial charge on any atom is -0.294 e. The van der Waals surface area contributed by atoms with Gasteiger partial charge in [0, 0.05) is 17.4 Å². The van der Waals surface area contributed by atoms with Crippen LogP contribution < -0.4 is 0 Å². The maximum atomic E-state index is 12.0. The number of carbonyl (C=O) groups excluding carboxylic acids is 1. The molecule has 1 aromatic heterocycles. The molecule has 2 heteroatoms. The van der Waals surface area contributed by atoms with Gasteiger partial charge in [-0.25, -0.2) is 0 Å². The van der Waals surface area contributed by atoms with Crippen molar-refractivity contribution in [2.75, 3.05) is 0 Å². The normalized spacial score (nSPS) is 10.4. The smallest absolute Gasteiger partial charge is 0.168 e. The summed E-state index contributed by atoms with van der Waals surface area (Å²) in [5, 5.41) is 3.96. The Bertz CT molecular complexity index is 511. The van der Waals surface area contributed by atoms with Crippen molar-refractivity contribution >= 4 is 17.1 Å². The van der Waals surface area contributed by atoms with Crippen LogP contribution in [0.25, 0.3) is 0 Å². The summed E-state index contributed by atoms with van der Waals surface area (Å²) < 4.78 is 0. The second-order valence-electron chi connectivity index (χ2n) is 4.06. The van der Waals surface area contributed by atoms with Gasteiger partial charge in [-0.3, -0.25) is 4.79 Å². The third-order valence-corrected chi connectivity index (χ3v) is 3.46. The topological polar surface area (TPSA) is 17.1 Å². The van der Waals surface area contributed by atoms with E-state index in [0.29, 0.717) is 6.42 Å². The molecule has 1 aromatic carbocycles. The van der Waals surface area contributed by atoms with Gasteiger partial charge in [-0.1, -0.05) is 29.8 Å². The lowest BCUT2D eigenvalue weighted by atomic mass is 10.0. The van der Waals surface area contributed by atoms with E-state index < -0.39 is 0 Å². The molecule has 0 aliphatic rings. The molecule has 0 saturated carbocycles. The summed E-state index contributed by atoms with van der Waals surface area (Å²) in [5.41, 5.74) is 4.25. The molecular formula is C14H14OS. The molecule has 0 aliphatic carbocycles. The summed E-state index contributed by atoms with van der Waals surface area (Å²) in [5.74, 6) is 0.212. The van der Waals surface area contributed by atoms with Crippen molar-refractivity contribution in [3.05, 3.63) is 57.3 Å². The number of hydrogen-bond acceptors (Lipinski definition) is 2. The van der Waals surface area contributed by atoms with Crippen LogP contribution in [0.15, 0.2) is 35.0 Å². The molecule has 16 heavy (non-hydrogen) atoms. The average Bonchev–Trinajstić information content (AvgIpc) is 2.64. The predicted molar refractivity (Wildman–Crippen MR) is 68.3 cm³/mol. The van der Waals surface area contributed by atoms with E-state index in [1.54, 1.807) is 11.3 Å². The van der Waals surface area contributed by atoms with Crippen LogP contribution in [0.2, 0.25) is 0 Å². The van der Waals surface area contributed by atoms with Crippen molar-refractivity contribution in [3.63, 3.8) is 0 Å². The van der Waals surface area contributed by atoms with Crippen molar-refractivity contribution < 1.29 is 4.79 Å². The molecule has 0 aliphatic heterocycles. The van der Waals surface area contributed by atoms with E-state index >= 15 is 0 Å². The van der Waals surface area contributed by atoms with Crippen molar-refractivity contribution in [2.24, 2.45) is 0 Å². The van der Waals surface area contributed by atoms with E-state index in [2.05, 4.69) is 6.07 Å². The van der Waals surface area contributed by atoms with Gasteiger partial charge in [0.1, 0.15) is 0 Å². The van der Waals surface area contributed by atoms with E-state index in [9.17, 15) is 4.79 Å². The molecule has 2 aromatic rings. The summed E-state index contributed by atoms with van der Waals surface area (Å²) in [6.07, 6.45) is 0.499. The molecule has 0 saturated heterocycles. The molecule has 0 N–H and O–H groups in total. The van der Waals surface area contributed by atoms with Crippen LogP contribution in [-0.2, 0) is 6.42 Å². The van der Waals surface area contributed by atoms with Gasteiger partial charge in [0.05, 0.1) is 0 Å². The van der Waals surface area contributed by atoms with Crippen LogP contribution in [0, 0.1) is 13.8 Å². The lowest BCUT2D eigenvalue weighted by Gasteiger charge is -2.02. The maximum Gasteiger partial charge on any atom is 0.168 e. The fourth-order valence-electron chi connectivity index (χ4n) is 1.75. The Morgan fingerprint density at radius 1 is 1.25 bits per heavy atom. The number of aryl methyl sites for hydroxylation is 2. The molecule has 1 nitrogen and oxygen atoms in total. The quantitative estimate of drug-likeness (QED) is 0.733. The Morgan fingerprint density at radius 3 is 2.69 bits per heavy atom. The number of ketones is 1. The highest BCUT2D eigenvalue weighted by atomic mass is 32.1. The monoisotopic (exact) mass is 230 g/mol. The third kappa shape index (κ3) is 2.39. The number of benzene rings is 1. The molecule has 0 spiro atoms. The number of carbonyl (C=O) groups is 1. The van der Waals surface area contributed by atoms with Gasteiger partial charge in [-0.2, -0.15) is 11.3 Å². The van der Waals surface area contributed by atoms with Crippen molar-refractivity contribution in [3.8, 4) is 0 Å². The first kappa shape index (κ1) is 11.1. The Kier molecular flexibility index (Phi) is 3.20. The fraction of sp³-hybridized carbons (Fsp3) is 0.214. The zero-order valence-corrected chi connectivity index (χ0v) is 10.3. The summed E-state index contributed by atoms with van der Waals surface area (Å²) in [6, 6.07) is 8.12. The minimum absolute atomic E-state index is 0.212. The van der Waals surface area contributed by atoms with Crippen LogP contribution in [0.3, 0.4) is 0 Å². The maximum absolute atomic E-state index is 12.0. The van der Waals surface area contributed by atoms with Crippen molar-refractivity contribution in [2.45, 2.75) is 20.3 Å². The zero-order chi connectivity index (χ0) is 11.5. The minimum atomic E-state index is 0.212. The lowest BCUT2D eigenvalue weighted by Crippen LogP contribution is -2.03. The van der Waals surface area contributed by atoms with E-state index in [-0.39, 0.29) is 5.78 Å². The zero-order valence-electron chi connectivity index (χ0n) is 9.49. The standard InChI is InChI=1S/C14H14OS/c1-10-4-3-5-12(6-10)7-14(15)13-9-16-8-11(13)2/h3-6,8-9H,7H2,1-2H3. The summed E-state index contributed by atoms with van der Waals surface area (Å²) in [7, 11) is 0. The van der Waals surface area contributed by atoms with Crippen LogP contribution >= 0.6 is 11.3 Å². The Hall–Kier alpha value is -1.41. The number of Topliss-reactive ketones (excluding diaryl/α,β-unsaturated/α-hetero) is 1. The summed E-state index contributed by atoms with van der Waals surface area (Å²) in [4.78, 5) is 12.0. The summed E-state index contributed by atoms with van der Waals surface area (Å²) in [6.45, 7) is 4.03. The second kappa shape index (κ2) is 4.62. The molecule has 0 bridgehead atoms. The van der Waals surface area contributed by atoms with E-state index in [1.165, 1.54) is 5.56 Å². The highest BCUT2D eigenvalue weighted by Gasteiger charge is 2.10. The van der Waals surface area contributed by atoms with E-state index in [1.807, 2.05) is 42.8 Å². The molecule has 0 atom stereocenters. The molecule has 82 valence electrons. The highest BCUT2D eigenvalue weighted by molar-refractivity contribution is 7.08. The third-order valence-electron chi connectivity index (χ3n) is 2.60. The van der Waals surface area contributed by atoms with Gasteiger partial charge in [-0.05, 0) is 30.4 Å². The first-order valence-corrected chi connectivity index (χ1v) is 6.22. The largest absolute Gasteiger partial charge is 0.294 e. The molecule has 0 fully saturated rings. The molecule has 0 unspecified atom stereocenters. The highest BCUT2D eigenvalue weighted by Crippen LogP contribution is 2.16. The number of thiophene rings is 1. The Labute approximate surface area is 99.8 Å². The van der Waals surface area contributed by atoms with Crippen molar-refractivity contribution in [1.82, 2.24) is 0 Å². The molecule has 2 rings (SSSR count). The van der Waals surface area contributed by atoms with Gasteiger partial charge in [0.25, 0.3) is 0 Å². The molecular weight excluding hydrogens is 216 g/mol. The van der Waals surface area contributed by atoms with Gasteiger partial charge in [0.2, 0.25) is 0 Å². The fourth-order valence-corrected chi connectivity index (χ4v) is 2.60. The SMILES string of the molecule is Cc1cccc(CC(=O)c2cscc2C)c1. The van der Waals surface area contributed by atoms with Gasteiger partial charge in [0.15, 0.2) is 5.78 Å². The molecule has 1 heterocycles. The van der Waals surface area contributed by atoms with Crippen LogP contribution in [0.1, 0.15) is 27.0 Å². The van der Waals surface area contributed by atoms with Crippen LogP contribution in [-0.4, -0.2) is 5.78 Å². The average molecular weight is 230 g/mol. The number of rotatable bonds is 3. The molecule has 0 radical (unpaired) electrons. The van der Waals surface area contributed by atoms with Gasteiger partial charge < -0.3 is 0 Å². The Morgan fingerprint density at radius 2 is 2.06 bits per heavy atom. The second-order valence-corrected chi connectivity index (χ2v) is 4.80. The van der Waals surface area contributed by atoms with Crippen LogP contribution in [0.4, 0.5) is 0 Å². The summed E-state index contributed by atoms with van der Waals surface area (Å²) >= 11 is 1.59. The first-order valence-electron chi connectivity index (χ1n) is 5.28.